The fraction of sp³-hybridized carbons (Fsp3) is 0.436. The van der Waals surface area contributed by atoms with E-state index in [1.807, 2.05) is 90.1 Å². The number of rotatable bonds is 7. The fourth-order valence-electron chi connectivity index (χ4n) is 6.16. The van der Waals surface area contributed by atoms with Gasteiger partial charge in [0.25, 0.3) is 0 Å². The molecule has 270 valence electrons. The molecule has 0 bridgehead atoms. The van der Waals surface area contributed by atoms with E-state index in [0.29, 0.717) is 11.6 Å². The van der Waals surface area contributed by atoms with Gasteiger partial charge in [-0.1, -0.05) is 90.1 Å². The van der Waals surface area contributed by atoms with Crippen LogP contribution in [-0.4, -0.2) is 59.9 Å². The second-order valence-corrected chi connectivity index (χ2v) is 16.6. The minimum Gasteiger partial charge on any atom is -0.453 e. The summed E-state index contributed by atoms with van der Waals surface area (Å²) in [6.07, 6.45) is 3.45. The summed E-state index contributed by atoms with van der Waals surface area (Å²) in [7, 11) is 0. The van der Waals surface area contributed by atoms with E-state index in [4.69, 9.17) is 9.47 Å². The van der Waals surface area contributed by atoms with Crippen molar-refractivity contribution in [3.8, 4) is 33.6 Å². The van der Waals surface area contributed by atoms with Crippen molar-refractivity contribution in [1.82, 2.24) is 30.2 Å². The third-order valence-corrected chi connectivity index (χ3v) is 8.57. The van der Waals surface area contributed by atoms with Gasteiger partial charge in [0, 0.05) is 0 Å². The topological polar surface area (TPSA) is 159 Å². The van der Waals surface area contributed by atoms with Crippen molar-refractivity contribution in [2.75, 3.05) is 0 Å². The van der Waals surface area contributed by atoms with Gasteiger partial charge < -0.3 is 24.8 Å². The number of H-pyrrole nitrogens is 2. The molecule has 2 aromatic carbocycles. The summed E-state index contributed by atoms with van der Waals surface area (Å²) in [5.41, 5.74) is 2.61. The fourth-order valence-corrected chi connectivity index (χ4v) is 6.16. The molecule has 1 aliphatic rings. The average molecular weight is 697 g/mol. The average Bonchev–Trinajstić information content (AvgIpc) is 3.74. The van der Waals surface area contributed by atoms with E-state index in [-0.39, 0.29) is 0 Å². The van der Waals surface area contributed by atoms with Crippen molar-refractivity contribution in [2.24, 2.45) is 10.8 Å². The van der Waals surface area contributed by atoms with E-state index < -0.39 is 58.0 Å². The Bertz CT molecular complexity index is 1940. The summed E-state index contributed by atoms with van der Waals surface area (Å²) in [4.78, 5) is 67.5. The molecule has 5 rings (SSSR count). The number of aromatic nitrogens is 4. The lowest BCUT2D eigenvalue weighted by molar-refractivity contribution is -0.164. The zero-order valence-electron chi connectivity index (χ0n) is 31.2. The molecule has 1 fully saturated rings. The number of nitrogens with zero attached hydrogens (tertiary/aromatic N) is 3. The van der Waals surface area contributed by atoms with Crippen LogP contribution in [-0.2, 0) is 28.7 Å². The number of carbonyl (C=O) groups is 4. The Hall–Kier alpha value is -5.26. The number of esters is 2. The van der Waals surface area contributed by atoms with Crippen molar-refractivity contribution in [2.45, 2.75) is 99.6 Å². The maximum absolute atomic E-state index is 12.9. The molecule has 51 heavy (non-hydrogen) atoms. The van der Waals surface area contributed by atoms with E-state index in [2.05, 4.69) is 25.3 Å². The van der Waals surface area contributed by atoms with Gasteiger partial charge in [-0.2, -0.15) is 0 Å². The van der Waals surface area contributed by atoms with Crippen molar-refractivity contribution >= 4 is 23.8 Å². The Labute approximate surface area is 298 Å². The number of hydrogen-bond donors (Lipinski definition) is 3. The molecule has 0 radical (unpaired) electrons. The van der Waals surface area contributed by atoms with Gasteiger partial charge in [-0.25, -0.2) is 19.6 Å². The standard InChI is InChI=1S/C39H48N6O6/c1-36(2,3)28(44-32(46)34(48)50-38(7,8)9)30-40-20-26(42-30)24-16-12-22(13-17-24)23-14-18-25(19-15-23)27-21-41-31(43-27)29(37(4,5)6)45-33(47)35(49)51-39(45,10)11/h12-21,28-29H,1-11H3,(H,40,42)(H,41,43)(H,44,46)/t28-,29-/m1/s1. The summed E-state index contributed by atoms with van der Waals surface area (Å²) in [6, 6.07) is 15.0. The third kappa shape index (κ3) is 8.05. The Morgan fingerprint density at radius 3 is 1.61 bits per heavy atom. The Balaban J connectivity index is 1.31. The van der Waals surface area contributed by atoms with Crippen LogP contribution >= 0.6 is 0 Å². The van der Waals surface area contributed by atoms with Crippen LogP contribution in [0.15, 0.2) is 60.9 Å². The first-order valence-electron chi connectivity index (χ1n) is 17.0. The van der Waals surface area contributed by atoms with Gasteiger partial charge in [0.1, 0.15) is 17.2 Å². The molecule has 2 aromatic heterocycles. The van der Waals surface area contributed by atoms with Crippen molar-refractivity contribution in [1.29, 1.82) is 0 Å². The molecule has 3 heterocycles. The quantitative estimate of drug-likeness (QED) is 0.139. The molecule has 12 heteroatoms. The Morgan fingerprint density at radius 2 is 1.20 bits per heavy atom. The highest BCUT2D eigenvalue weighted by Crippen LogP contribution is 2.44. The SMILES string of the molecule is CC(C)(C)OC(=O)C(=O)N[C@H](c1ncc(-c2ccc(-c3ccc(-c4cnc([C@@H](N5C(=O)C(=O)OC5(C)C)C(C)(C)C)[nH]4)cc3)cc2)[nH]1)C(C)(C)C. The zero-order valence-corrected chi connectivity index (χ0v) is 31.2. The minimum absolute atomic E-state index is 0.449. The lowest BCUT2D eigenvalue weighted by Gasteiger charge is -2.41. The highest BCUT2D eigenvalue weighted by molar-refractivity contribution is 6.34. The summed E-state index contributed by atoms with van der Waals surface area (Å²) < 4.78 is 10.6. The van der Waals surface area contributed by atoms with Crippen LogP contribution in [0, 0.1) is 10.8 Å². The predicted molar refractivity (Wildman–Crippen MR) is 192 cm³/mol. The van der Waals surface area contributed by atoms with Gasteiger partial charge in [0.2, 0.25) is 0 Å². The van der Waals surface area contributed by atoms with Gasteiger partial charge in [-0.05, 0) is 67.7 Å². The van der Waals surface area contributed by atoms with E-state index in [0.717, 1.165) is 33.6 Å². The maximum atomic E-state index is 12.9. The highest BCUT2D eigenvalue weighted by atomic mass is 16.6. The molecule has 3 N–H and O–H groups in total. The van der Waals surface area contributed by atoms with Crippen LogP contribution < -0.4 is 5.32 Å². The Morgan fingerprint density at radius 1 is 0.745 bits per heavy atom. The lowest BCUT2D eigenvalue weighted by Crippen LogP contribution is -2.48. The monoisotopic (exact) mass is 696 g/mol. The van der Waals surface area contributed by atoms with Gasteiger partial charge in [0.15, 0.2) is 5.72 Å². The third-order valence-electron chi connectivity index (χ3n) is 8.57. The largest absolute Gasteiger partial charge is 0.453 e. The zero-order chi connectivity index (χ0) is 37.7. The number of cyclic esters (lactones) is 1. The van der Waals surface area contributed by atoms with Crippen LogP contribution in [0.5, 0.6) is 0 Å². The van der Waals surface area contributed by atoms with Gasteiger partial charge in [-0.15, -0.1) is 0 Å². The smallest absolute Gasteiger partial charge is 0.399 e. The number of amides is 2. The molecule has 4 aromatic rings. The molecule has 2 atom stereocenters. The number of ether oxygens (including phenoxy) is 2. The van der Waals surface area contributed by atoms with Crippen LogP contribution in [0.2, 0.25) is 0 Å². The first-order valence-corrected chi connectivity index (χ1v) is 17.0. The molecular formula is C39H48N6O6. The molecule has 0 spiro atoms. The molecule has 0 saturated carbocycles. The minimum atomic E-state index is -1.11. The van der Waals surface area contributed by atoms with Gasteiger partial charge >= 0.3 is 23.8 Å². The first-order chi connectivity index (χ1) is 23.5. The predicted octanol–water partition coefficient (Wildman–Crippen LogP) is 6.89. The van der Waals surface area contributed by atoms with Crippen molar-refractivity contribution in [3.05, 3.63) is 72.6 Å². The van der Waals surface area contributed by atoms with Gasteiger partial charge in [0.05, 0.1) is 35.9 Å². The molecule has 1 saturated heterocycles. The number of aromatic amines is 2. The molecule has 0 aliphatic carbocycles. The van der Waals surface area contributed by atoms with Crippen LogP contribution in [0.1, 0.15) is 99.9 Å². The normalized spacial score (nSPS) is 16.1. The second-order valence-electron chi connectivity index (χ2n) is 16.6. The van der Waals surface area contributed by atoms with Crippen molar-refractivity contribution < 1.29 is 28.7 Å². The molecule has 1 aliphatic heterocycles. The summed E-state index contributed by atoms with van der Waals surface area (Å²) in [6.45, 7) is 20.4. The lowest BCUT2D eigenvalue weighted by atomic mass is 9.84. The first kappa shape index (κ1) is 37.0. The molecule has 12 nitrogen and oxygen atoms in total. The van der Waals surface area contributed by atoms with E-state index >= 15 is 0 Å². The van der Waals surface area contributed by atoms with Crippen molar-refractivity contribution in [3.63, 3.8) is 0 Å². The number of carbonyl (C=O) groups excluding carboxylic acids is 4. The van der Waals surface area contributed by atoms with Crippen LogP contribution in [0.4, 0.5) is 0 Å². The van der Waals surface area contributed by atoms with E-state index in [9.17, 15) is 19.2 Å². The number of hydrogen-bond acceptors (Lipinski definition) is 8. The number of nitrogens with one attached hydrogen (secondary N) is 3. The summed E-state index contributed by atoms with van der Waals surface area (Å²) >= 11 is 0. The van der Waals surface area contributed by atoms with Crippen LogP contribution in [0.25, 0.3) is 33.6 Å². The highest BCUT2D eigenvalue weighted by Gasteiger charge is 2.53. The summed E-state index contributed by atoms with van der Waals surface area (Å²) in [5, 5.41) is 2.79. The molecule has 2 amide bonds. The maximum Gasteiger partial charge on any atom is 0.399 e. The molecule has 0 unspecified atom stereocenters. The van der Waals surface area contributed by atoms with Crippen LogP contribution in [0.3, 0.4) is 0 Å². The second kappa shape index (κ2) is 13.1. The number of imidazole rings is 2. The van der Waals surface area contributed by atoms with E-state index in [1.165, 1.54) is 4.90 Å². The van der Waals surface area contributed by atoms with Gasteiger partial charge in [-0.3, -0.25) is 14.5 Å². The van der Waals surface area contributed by atoms with E-state index in [1.54, 1.807) is 47.0 Å². The number of benzene rings is 2. The summed E-state index contributed by atoms with van der Waals surface area (Å²) in [5.74, 6) is -2.21. The molecular weight excluding hydrogens is 648 g/mol. The Kier molecular flexibility index (Phi) is 9.53.